The van der Waals surface area contributed by atoms with Gasteiger partial charge in [0, 0.05) is 24.7 Å². The number of nitrogens with one attached hydrogen (secondary N) is 1. The van der Waals surface area contributed by atoms with Gasteiger partial charge in [-0.1, -0.05) is 0 Å². The van der Waals surface area contributed by atoms with Gasteiger partial charge >= 0.3 is 6.03 Å². The largest absolute Gasteiger partial charge is 0.322 e. The molecule has 2 aromatic rings. The third-order valence-electron chi connectivity index (χ3n) is 4.48. The van der Waals surface area contributed by atoms with Crippen LogP contribution in [0.3, 0.4) is 0 Å². The maximum atomic E-state index is 12.6. The molecule has 0 unspecified atom stereocenters. The second-order valence-corrected chi connectivity index (χ2v) is 6.26. The lowest BCUT2D eigenvalue weighted by atomic mass is 10.1. The molecular weight excluding hydrogens is 324 g/mol. The van der Waals surface area contributed by atoms with Crippen molar-refractivity contribution in [3.63, 3.8) is 0 Å². The number of nitrogens with zero attached hydrogens (tertiary/aromatic N) is 5. The quantitative estimate of drug-likeness (QED) is 0.680. The number of amides is 2. The highest BCUT2D eigenvalue weighted by Crippen LogP contribution is 2.27. The summed E-state index contributed by atoms with van der Waals surface area (Å²) in [7, 11) is 0. The molecule has 2 amide bonds. The van der Waals surface area contributed by atoms with Crippen molar-refractivity contribution in [1.82, 2.24) is 19.7 Å². The average Bonchev–Trinajstić information content (AvgIpc) is 3.11. The van der Waals surface area contributed by atoms with Crippen LogP contribution >= 0.6 is 0 Å². The normalized spacial score (nSPS) is 17.4. The molecule has 1 aromatic carbocycles. The highest BCUT2D eigenvalue weighted by atomic mass is 16.6. The minimum absolute atomic E-state index is 0.0000335. The standard InChI is InChI=1S/C16H20N6O3/c1-11-6-12(2)15(22(24)25)7-14(11)19-16(23)20-5-3-4-13(8-20)21-10-17-9-18-21/h6-7,9-10,13H,3-5,8H2,1-2H3,(H,19,23)/t13-/m0/s1. The molecule has 0 radical (unpaired) electrons. The lowest BCUT2D eigenvalue weighted by Crippen LogP contribution is -2.43. The van der Waals surface area contributed by atoms with E-state index in [1.165, 1.54) is 12.4 Å². The number of aryl methyl sites for hydroxylation is 2. The molecule has 2 heterocycles. The van der Waals surface area contributed by atoms with E-state index in [1.807, 2.05) is 6.92 Å². The molecule has 1 atom stereocenters. The van der Waals surface area contributed by atoms with Gasteiger partial charge in [-0.2, -0.15) is 5.10 Å². The fourth-order valence-electron chi connectivity index (χ4n) is 3.13. The summed E-state index contributed by atoms with van der Waals surface area (Å²) in [6, 6.07) is 2.96. The van der Waals surface area contributed by atoms with Gasteiger partial charge in [0.15, 0.2) is 0 Å². The first kappa shape index (κ1) is 16.9. The Morgan fingerprint density at radius 1 is 1.36 bits per heavy atom. The number of nitro benzene ring substituents is 1. The van der Waals surface area contributed by atoms with E-state index >= 15 is 0 Å². The van der Waals surface area contributed by atoms with E-state index in [0.29, 0.717) is 24.3 Å². The number of carbonyl (C=O) groups excluding carboxylic acids is 1. The molecule has 1 aliphatic heterocycles. The summed E-state index contributed by atoms with van der Waals surface area (Å²) in [5.74, 6) is 0. The lowest BCUT2D eigenvalue weighted by molar-refractivity contribution is -0.385. The summed E-state index contributed by atoms with van der Waals surface area (Å²) >= 11 is 0. The number of rotatable bonds is 3. The molecule has 9 nitrogen and oxygen atoms in total. The van der Waals surface area contributed by atoms with E-state index in [0.717, 1.165) is 18.4 Å². The Labute approximate surface area is 144 Å². The van der Waals surface area contributed by atoms with Gasteiger partial charge in [-0.25, -0.2) is 14.5 Å². The molecule has 0 spiro atoms. The van der Waals surface area contributed by atoms with E-state index in [1.54, 1.807) is 28.9 Å². The molecule has 1 N–H and O–H groups in total. The van der Waals surface area contributed by atoms with Gasteiger partial charge in [0.1, 0.15) is 12.7 Å². The molecule has 3 rings (SSSR count). The Morgan fingerprint density at radius 3 is 2.84 bits per heavy atom. The molecule has 1 aromatic heterocycles. The van der Waals surface area contributed by atoms with Crippen LogP contribution in [0.15, 0.2) is 24.8 Å². The van der Waals surface area contributed by atoms with Crippen LogP contribution in [-0.4, -0.2) is 43.7 Å². The van der Waals surface area contributed by atoms with Crippen LogP contribution in [-0.2, 0) is 0 Å². The third kappa shape index (κ3) is 3.59. The molecule has 0 bridgehead atoms. The molecule has 1 fully saturated rings. The summed E-state index contributed by atoms with van der Waals surface area (Å²) in [6.07, 6.45) is 4.93. The maximum Gasteiger partial charge on any atom is 0.321 e. The Morgan fingerprint density at radius 2 is 2.16 bits per heavy atom. The van der Waals surface area contributed by atoms with Gasteiger partial charge in [-0.05, 0) is 38.3 Å². The molecule has 1 saturated heterocycles. The van der Waals surface area contributed by atoms with Crippen LogP contribution in [0.5, 0.6) is 0 Å². The van der Waals surface area contributed by atoms with Crippen LogP contribution in [0.4, 0.5) is 16.2 Å². The van der Waals surface area contributed by atoms with E-state index in [9.17, 15) is 14.9 Å². The summed E-state index contributed by atoms with van der Waals surface area (Å²) in [5.41, 5.74) is 1.83. The summed E-state index contributed by atoms with van der Waals surface area (Å²) in [5, 5.41) is 18.1. The fraction of sp³-hybridized carbons (Fsp3) is 0.438. The smallest absolute Gasteiger partial charge is 0.321 e. The average molecular weight is 344 g/mol. The zero-order valence-corrected chi connectivity index (χ0v) is 14.2. The molecule has 25 heavy (non-hydrogen) atoms. The zero-order chi connectivity index (χ0) is 18.0. The fourth-order valence-corrected chi connectivity index (χ4v) is 3.13. The second kappa shape index (κ2) is 6.88. The van der Waals surface area contributed by atoms with Crippen molar-refractivity contribution < 1.29 is 9.72 Å². The van der Waals surface area contributed by atoms with Crippen LogP contribution in [0.2, 0.25) is 0 Å². The first-order chi connectivity index (χ1) is 12.0. The number of hydrogen-bond donors (Lipinski definition) is 1. The SMILES string of the molecule is Cc1cc(C)c([N+](=O)[O-])cc1NC(=O)N1CCC[C@H](n2cncn2)C1. The van der Waals surface area contributed by atoms with Gasteiger partial charge in [-0.15, -0.1) is 0 Å². The first-order valence-corrected chi connectivity index (χ1v) is 8.11. The number of aromatic nitrogens is 3. The number of piperidine rings is 1. The number of benzene rings is 1. The van der Waals surface area contributed by atoms with E-state index in [2.05, 4.69) is 15.4 Å². The Hall–Kier alpha value is -2.97. The van der Waals surface area contributed by atoms with Crippen LogP contribution in [0, 0.1) is 24.0 Å². The minimum atomic E-state index is -0.438. The van der Waals surface area contributed by atoms with Crippen LogP contribution < -0.4 is 5.32 Å². The molecule has 9 heteroatoms. The van der Waals surface area contributed by atoms with Crippen molar-refractivity contribution in [1.29, 1.82) is 0 Å². The monoisotopic (exact) mass is 344 g/mol. The summed E-state index contributed by atoms with van der Waals surface area (Å²) < 4.78 is 1.77. The van der Waals surface area contributed by atoms with Gasteiger partial charge < -0.3 is 10.2 Å². The molecule has 0 saturated carbocycles. The van der Waals surface area contributed by atoms with Crippen molar-refractivity contribution in [3.8, 4) is 0 Å². The van der Waals surface area contributed by atoms with Crippen molar-refractivity contribution in [3.05, 3.63) is 46.0 Å². The van der Waals surface area contributed by atoms with Crippen molar-refractivity contribution in [2.24, 2.45) is 0 Å². The highest BCUT2D eigenvalue weighted by molar-refractivity contribution is 5.90. The number of hydrogen-bond acceptors (Lipinski definition) is 5. The Bertz CT molecular complexity index is 789. The Balaban J connectivity index is 1.74. The second-order valence-electron chi connectivity index (χ2n) is 6.26. The molecular formula is C16H20N6O3. The van der Waals surface area contributed by atoms with E-state index in [4.69, 9.17) is 0 Å². The van der Waals surface area contributed by atoms with E-state index < -0.39 is 4.92 Å². The number of urea groups is 1. The van der Waals surface area contributed by atoms with Gasteiger partial charge in [0.2, 0.25) is 0 Å². The number of likely N-dealkylation sites (tertiary alicyclic amines) is 1. The first-order valence-electron chi connectivity index (χ1n) is 8.11. The van der Waals surface area contributed by atoms with Gasteiger partial charge in [0.05, 0.1) is 16.7 Å². The zero-order valence-electron chi connectivity index (χ0n) is 14.2. The summed E-state index contributed by atoms with van der Waals surface area (Å²) in [6.45, 7) is 4.68. The predicted molar refractivity (Wildman–Crippen MR) is 91.5 cm³/mol. The van der Waals surface area contributed by atoms with Gasteiger partial charge in [0.25, 0.3) is 5.69 Å². The number of nitro groups is 1. The third-order valence-corrected chi connectivity index (χ3v) is 4.48. The summed E-state index contributed by atoms with van der Waals surface area (Å²) in [4.78, 5) is 28.9. The highest BCUT2D eigenvalue weighted by Gasteiger charge is 2.26. The number of carbonyl (C=O) groups is 1. The predicted octanol–water partition coefficient (Wildman–Crippen LogP) is 2.67. The minimum Gasteiger partial charge on any atom is -0.322 e. The topological polar surface area (TPSA) is 106 Å². The van der Waals surface area contributed by atoms with Crippen LogP contribution in [0.1, 0.15) is 30.0 Å². The van der Waals surface area contributed by atoms with E-state index in [-0.39, 0.29) is 17.8 Å². The van der Waals surface area contributed by atoms with Gasteiger partial charge in [-0.3, -0.25) is 10.1 Å². The lowest BCUT2D eigenvalue weighted by Gasteiger charge is -2.32. The Kier molecular flexibility index (Phi) is 4.64. The maximum absolute atomic E-state index is 12.6. The number of anilines is 1. The molecule has 132 valence electrons. The van der Waals surface area contributed by atoms with Crippen molar-refractivity contribution in [2.75, 3.05) is 18.4 Å². The molecule has 1 aliphatic rings. The van der Waals surface area contributed by atoms with Crippen LogP contribution in [0.25, 0.3) is 0 Å². The van der Waals surface area contributed by atoms with Crippen molar-refractivity contribution in [2.45, 2.75) is 32.7 Å². The van der Waals surface area contributed by atoms with Crippen molar-refractivity contribution >= 4 is 17.4 Å². The molecule has 0 aliphatic carbocycles.